The maximum absolute atomic E-state index is 2.75. The molecule has 0 fully saturated rings. The number of nitrogens with zero attached hydrogens (tertiary/aromatic N) is 2. The molecular weight excluding hydrogens is 756 g/mol. The van der Waals surface area contributed by atoms with E-state index in [4.69, 9.17) is 0 Å². The second kappa shape index (κ2) is 11.5. The van der Waals surface area contributed by atoms with Crippen LogP contribution in [0.5, 0.6) is 0 Å². The van der Waals surface area contributed by atoms with Crippen LogP contribution in [0.25, 0.3) is 69.9 Å². The predicted molar refractivity (Wildman–Crippen MR) is 264 cm³/mol. The number of anilines is 2. The summed E-state index contributed by atoms with van der Waals surface area (Å²) in [5.74, 6) is 0. The first-order chi connectivity index (χ1) is 29.1. The topological polar surface area (TPSA) is 8.17 Å². The molecule has 0 saturated heterocycles. The van der Waals surface area contributed by atoms with Crippen LogP contribution >= 0.6 is 11.3 Å². The standard InChI is InChI=1S/C57H51BN2S/c1-54(2,3)32-18-20-33(21-19-32)60-48-30-45-44(55(4,5)24-25-56(45,6)7)27-40(48)36-22-23-37-39-26-38-34-14-10-12-16-42(34)57(8,9)43(38)29-47(39)59-49-28-41-35-15-11-13-17-50(35)61-51(41)31-46(49)58(60)52(36)53(37)59/h10-23,26-31H,24-25H2,1-9H3. The van der Waals surface area contributed by atoms with E-state index in [-0.39, 0.29) is 28.5 Å². The van der Waals surface area contributed by atoms with Gasteiger partial charge in [-0.15, -0.1) is 11.3 Å². The van der Waals surface area contributed by atoms with Crippen molar-refractivity contribution in [1.82, 2.24) is 4.57 Å². The summed E-state index contributed by atoms with van der Waals surface area (Å²) in [6.07, 6.45) is 2.38. The average Bonchev–Trinajstić information content (AvgIpc) is 3.85. The molecule has 0 radical (unpaired) electrons. The van der Waals surface area contributed by atoms with Crippen LogP contribution in [0.2, 0.25) is 0 Å². The normalized spacial score (nSPS) is 17.5. The highest BCUT2D eigenvalue weighted by molar-refractivity contribution is 7.26. The number of fused-ring (bicyclic) bond motifs is 15. The van der Waals surface area contributed by atoms with E-state index in [0.717, 1.165) is 0 Å². The molecule has 2 aliphatic carbocycles. The van der Waals surface area contributed by atoms with Crippen molar-refractivity contribution in [3.63, 3.8) is 0 Å². The summed E-state index contributed by atoms with van der Waals surface area (Å²) in [5, 5.41) is 5.37. The van der Waals surface area contributed by atoms with E-state index >= 15 is 0 Å². The van der Waals surface area contributed by atoms with Crippen LogP contribution in [-0.4, -0.2) is 11.4 Å². The van der Waals surface area contributed by atoms with Gasteiger partial charge >= 0.3 is 6.85 Å². The van der Waals surface area contributed by atoms with Gasteiger partial charge in [0.15, 0.2) is 0 Å². The Labute approximate surface area is 364 Å². The highest BCUT2D eigenvalue weighted by Gasteiger charge is 2.47. The van der Waals surface area contributed by atoms with E-state index in [1.165, 1.54) is 133 Å². The van der Waals surface area contributed by atoms with Gasteiger partial charge in [0.05, 0.1) is 11.0 Å². The molecule has 0 unspecified atom stereocenters. The summed E-state index contributed by atoms with van der Waals surface area (Å²) >= 11 is 1.94. The van der Waals surface area contributed by atoms with Gasteiger partial charge in [0.1, 0.15) is 0 Å². The molecule has 4 heterocycles. The Hall–Kier alpha value is -5.58. The molecule has 4 aliphatic rings. The molecular formula is C57H51BN2S. The first-order valence-corrected chi connectivity index (χ1v) is 23.2. The number of aromatic nitrogens is 1. The minimum atomic E-state index is -0.0988. The van der Waals surface area contributed by atoms with Crippen molar-refractivity contribution in [3.05, 3.63) is 149 Å². The predicted octanol–water partition coefficient (Wildman–Crippen LogP) is 14.3. The van der Waals surface area contributed by atoms with Crippen molar-refractivity contribution in [2.45, 2.75) is 96.8 Å². The lowest BCUT2D eigenvalue weighted by atomic mass is 9.43. The number of rotatable bonds is 1. The van der Waals surface area contributed by atoms with E-state index in [1.54, 1.807) is 0 Å². The van der Waals surface area contributed by atoms with Crippen LogP contribution in [0.3, 0.4) is 0 Å². The monoisotopic (exact) mass is 806 g/mol. The van der Waals surface area contributed by atoms with Crippen LogP contribution in [0.4, 0.5) is 11.4 Å². The molecule has 0 bridgehead atoms. The Bertz CT molecular complexity index is 3440. The van der Waals surface area contributed by atoms with Gasteiger partial charge in [-0.25, -0.2) is 0 Å². The summed E-state index contributed by atoms with van der Waals surface area (Å²) in [5.41, 5.74) is 22.2. The van der Waals surface area contributed by atoms with Crippen LogP contribution in [0.1, 0.15) is 103 Å². The van der Waals surface area contributed by atoms with E-state index in [2.05, 4.69) is 193 Å². The van der Waals surface area contributed by atoms with Crippen LogP contribution in [0.15, 0.2) is 121 Å². The summed E-state index contributed by atoms with van der Waals surface area (Å²) in [7, 11) is 0. The fourth-order valence-electron chi connectivity index (χ4n) is 12.3. The average molecular weight is 807 g/mol. The minimum absolute atomic E-state index is 0.0186. The summed E-state index contributed by atoms with van der Waals surface area (Å²) < 4.78 is 5.39. The van der Waals surface area contributed by atoms with E-state index < -0.39 is 0 Å². The lowest BCUT2D eigenvalue weighted by molar-refractivity contribution is 0.332. The highest BCUT2D eigenvalue weighted by atomic mass is 32.1. The van der Waals surface area contributed by atoms with Crippen molar-refractivity contribution in [3.8, 4) is 27.9 Å². The van der Waals surface area contributed by atoms with E-state index in [1.807, 2.05) is 11.3 Å². The SMILES string of the molecule is CC(C)(C)c1ccc(N2B3c4cc5sc6ccccc6c5cc4-n4c5cc6c(cc5c5ccc(c3c54)-c3cc4c(cc32)C(C)(C)CCC4(C)C)-c2ccccc2C6(C)C)cc1. The first kappa shape index (κ1) is 36.1. The van der Waals surface area contributed by atoms with Gasteiger partial charge < -0.3 is 9.38 Å². The minimum Gasteiger partial charge on any atom is -0.376 e. The first-order valence-electron chi connectivity index (χ1n) is 22.4. The summed E-state index contributed by atoms with van der Waals surface area (Å²) in [6.45, 7) is 21.7. The number of benzene rings is 7. The Balaban J connectivity index is 1.20. The number of thiophene rings is 1. The molecule has 7 aromatic carbocycles. The Morgan fingerprint density at radius 3 is 2.03 bits per heavy atom. The Morgan fingerprint density at radius 1 is 0.541 bits per heavy atom. The largest absolute Gasteiger partial charge is 0.376 e. The van der Waals surface area contributed by atoms with E-state index in [9.17, 15) is 0 Å². The fourth-order valence-corrected chi connectivity index (χ4v) is 13.4. The lowest BCUT2D eigenvalue weighted by Gasteiger charge is -2.46. The van der Waals surface area contributed by atoms with Crippen LogP contribution in [0, 0.1) is 0 Å². The van der Waals surface area contributed by atoms with Gasteiger partial charge in [0.25, 0.3) is 0 Å². The molecule has 2 aromatic heterocycles. The van der Waals surface area contributed by atoms with Gasteiger partial charge in [-0.05, 0) is 139 Å². The third kappa shape index (κ3) is 4.59. The Kier molecular flexibility index (Phi) is 6.78. The van der Waals surface area contributed by atoms with Crippen molar-refractivity contribution in [1.29, 1.82) is 0 Å². The van der Waals surface area contributed by atoms with Crippen molar-refractivity contribution < 1.29 is 0 Å². The second-order valence-electron chi connectivity index (χ2n) is 21.6. The molecule has 0 spiro atoms. The maximum atomic E-state index is 2.75. The Morgan fingerprint density at radius 2 is 1.26 bits per heavy atom. The maximum Gasteiger partial charge on any atom is 0.333 e. The molecule has 4 heteroatoms. The van der Waals surface area contributed by atoms with Crippen LogP contribution < -0.4 is 15.7 Å². The summed E-state index contributed by atoms with van der Waals surface area (Å²) in [6, 6.07) is 48.1. The van der Waals surface area contributed by atoms with Gasteiger partial charge in [0, 0.05) is 59.0 Å². The zero-order valence-corrected chi connectivity index (χ0v) is 37.7. The molecule has 2 nitrogen and oxygen atoms in total. The number of hydrogen-bond donors (Lipinski definition) is 0. The second-order valence-corrected chi connectivity index (χ2v) is 22.7. The molecule has 0 saturated carbocycles. The van der Waals surface area contributed by atoms with Crippen LogP contribution in [-0.2, 0) is 21.7 Å². The molecule has 13 rings (SSSR count). The van der Waals surface area contributed by atoms with Gasteiger partial charge in [-0.2, -0.15) is 0 Å². The third-order valence-corrected chi connectivity index (χ3v) is 16.9. The molecule has 9 aromatic rings. The zero-order chi connectivity index (χ0) is 41.7. The van der Waals surface area contributed by atoms with Crippen molar-refractivity contribution in [2.75, 3.05) is 4.81 Å². The molecule has 0 atom stereocenters. The number of hydrogen-bond acceptors (Lipinski definition) is 2. The molecule has 0 amide bonds. The highest BCUT2D eigenvalue weighted by Crippen LogP contribution is 2.55. The smallest absolute Gasteiger partial charge is 0.333 e. The molecule has 61 heavy (non-hydrogen) atoms. The van der Waals surface area contributed by atoms with Gasteiger partial charge in [0.2, 0.25) is 0 Å². The fraction of sp³-hybridized carbons (Fsp3) is 0.263. The summed E-state index contributed by atoms with van der Waals surface area (Å²) in [4.78, 5) is 2.75. The lowest BCUT2D eigenvalue weighted by Crippen LogP contribution is -2.60. The van der Waals surface area contributed by atoms with Crippen molar-refractivity contribution >= 4 is 82.5 Å². The van der Waals surface area contributed by atoms with E-state index in [0.29, 0.717) is 0 Å². The van der Waals surface area contributed by atoms with Gasteiger partial charge in [-0.3, -0.25) is 0 Å². The molecule has 298 valence electrons. The zero-order valence-electron chi connectivity index (χ0n) is 36.8. The quantitative estimate of drug-likeness (QED) is 0.150. The third-order valence-electron chi connectivity index (χ3n) is 15.8. The van der Waals surface area contributed by atoms with Gasteiger partial charge in [-0.1, -0.05) is 129 Å². The van der Waals surface area contributed by atoms with Crippen molar-refractivity contribution in [2.24, 2.45) is 0 Å². The molecule has 2 aliphatic heterocycles. The molecule has 0 N–H and O–H groups in total.